The first-order valence-corrected chi connectivity index (χ1v) is 8.60. The molecule has 0 bridgehead atoms. The van der Waals surface area contributed by atoms with Gasteiger partial charge in [0.15, 0.2) is 0 Å². The van der Waals surface area contributed by atoms with E-state index in [-0.39, 0.29) is 11.8 Å². The van der Waals surface area contributed by atoms with Crippen LogP contribution in [-0.4, -0.2) is 37.8 Å². The van der Waals surface area contributed by atoms with Gasteiger partial charge in [0.25, 0.3) is 5.91 Å². The molecule has 1 aromatic heterocycles. The molecule has 1 aromatic carbocycles. The molecule has 2 aromatic rings. The number of hydrogen-bond donors (Lipinski definition) is 1. The molecular weight excluding hydrogens is 330 g/mol. The highest BCUT2D eigenvalue weighted by Gasteiger charge is 2.13. The zero-order valence-corrected chi connectivity index (χ0v) is 15.1. The van der Waals surface area contributed by atoms with Gasteiger partial charge in [-0.1, -0.05) is 19.1 Å². The summed E-state index contributed by atoms with van der Waals surface area (Å²) in [5, 5.41) is 12.3. The van der Waals surface area contributed by atoms with E-state index in [0.717, 1.165) is 25.0 Å². The Kier molecular flexibility index (Phi) is 7.59. The summed E-state index contributed by atoms with van der Waals surface area (Å²) in [6.07, 6.45) is 3.34. The Morgan fingerprint density at radius 1 is 1.31 bits per heavy atom. The molecule has 1 heterocycles. The predicted octanol–water partition coefficient (Wildman–Crippen LogP) is 3.18. The van der Waals surface area contributed by atoms with Crippen LogP contribution >= 0.6 is 0 Å². The van der Waals surface area contributed by atoms with E-state index >= 15 is 0 Å². The van der Waals surface area contributed by atoms with Crippen molar-refractivity contribution in [2.75, 3.05) is 26.9 Å². The molecule has 0 saturated carbocycles. The second-order valence-corrected chi connectivity index (χ2v) is 5.66. The van der Waals surface area contributed by atoms with Crippen LogP contribution in [0, 0.1) is 11.3 Å². The molecule has 136 valence electrons. The van der Waals surface area contributed by atoms with E-state index < -0.39 is 0 Å². The molecule has 2 rings (SSSR count). The minimum atomic E-state index is -0.151. The average Bonchev–Trinajstić information content (AvgIpc) is 2.69. The third-order valence-electron chi connectivity index (χ3n) is 3.76. The molecule has 0 atom stereocenters. The Hall–Kier alpha value is -2.91. The quantitative estimate of drug-likeness (QED) is 0.700. The normalized spacial score (nSPS) is 10.2. The highest BCUT2D eigenvalue weighted by molar-refractivity contribution is 5.95. The van der Waals surface area contributed by atoms with Crippen LogP contribution in [0.5, 0.6) is 5.88 Å². The van der Waals surface area contributed by atoms with E-state index in [1.165, 1.54) is 7.11 Å². The summed E-state index contributed by atoms with van der Waals surface area (Å²) in [5.74, 6) is 0.119. The lowest BCUT2D eigenvalue weighted by Gasteiger charge is -2.10. The fourth-order valence-electron chi connectivity index (χ4n) is 2.50. The summed E-state index contributed by atoms with van der Waals surface area (Å²) in [5.41, 5.74) is 2.33. The number of rotatable bonds is 9. The molecule has 0 fully saturated rings. The Morgan fingerprint density at radius 3 is 2.88 bits per heavy atom. The number of pyridine rings is 1. The fraction of sp³-hybridized carbons (Fsp3) is 0.350. The third-order valence-corrected chi connectivity index (χ3v) is 3.76. The van der Waals surface area contributed by atoms with Gasteiger partial charge < -0.3 is 14.8 Å². The number of ether oxygens (including phenoxy) is 2. The molecular formula is C20H23N3O3. The molecule has 1 N–H and O–H groups in total. The maximum absolute atomic E-state index is 12.3. The van der Waals surface area contributed by atoms with Gasteiger partial charge in [-0.15, -0.1) is 0 Å². The number of nitrogens with one attached hydrogen (secondary N) is 1. The van der Waals surface area contributed by atoms with Crippen LogP contribution < -0.4 is 10.1 Å². The summed E-state index contributed by atoms with van der Waals surface area (Å²) >= 11 is 0. The van der Waals surface area contributed by atoms with E-state index in [1.54, 1.807) is 30.5 Å². The van der Waals surface area contributed by atoms with Crippen LogP contribution in [0.2, 0.25) is 0 Å². The second kappa shape index (κ2) is 10.2. The zero-order chi connectivity index (χ0) is 18.8. The van der Waals surface area contributed by atoms with Gasteiger partial charge in [-0.3, -0.25) is 4.79 Å². The summed E-state index contributed by atoms with van der Waals surface area (Å²) in [6, 6.07) is 11.0. The molecule has 0 aliphatic heterocycles. The highest BCUT2D eigenvalue weighted by atomic mass is 16.5. The smallest absolute Gasteiger partial charge is 0.251 e. The van der Waals surface area contributed by atoms with Crippen LogP contribution in [0.3, 0.4) is 0 Å². The van der Waals surface area contributed by atoms with E-state index in [9.17, 15) is 10.1 Å². The van der Waals surface area contributed by atoms with Gasteiger partial charge >= 0.3 is 0 Å². The van der Waals surface area contributed by atoms with Crippen molar-refractivity contribution in [1.29, 1.82) is 5.26 Å². The molecule has 0 unspecified atom stereocenters. The molecule has 6 nitrogen and oxygen atoms in total. The van der Waals surface area contributed by atoms with Crippen molar-refractivity contribution in [2.24, 2.45) is 0 Å². The number of hydrogen-bond acceptors (Lipinski definition) is 5. The van der Waals surface area contributed by atoms with Gasteiger partial charge in [-0.05, 0) is 36.6 Å². The number of aromatic nitrogens is 1. The number of nitriles is 1. The van der Waals surface area contributed by atoms with Gasteiger partial charge in [-0.2, -0.15) is 5.26 Å². The lowest BCUT2D eigenvalue weighted by atomic mass is 9.99. The number of nitrogens with zero attached hydrogens (tertiary/aromatic N) is 2. The van der Waals surface area contributed by atoms with Crippen molar-refractivity contribution in [3.63, 3.8) is 0 Å². The topological polar surface area (TPSA) is 84.2 Å². The van der Waals surface area contributed by atoms with Crippen LogP contribution in [0.4, 0.5) is 0 Å². The lowest BCUT2D eigenvalue weighted by molar-refractivity contribution is 0.0941. The van der Waals surface area contributed by atoms with Crippen LogP contribution in [-0.2, 0) is 4.74 Å². The number of methoxy groups -OCH3 is 1. The maximum atomic E-state index is 12.3. The fourth-order valence-corrected chi connectivity index (χ4v) is 2.50. The third kappa shape index (κ3) is 5.04. The largest absolute Gasteiger partial charge is 0.480 e. The molecule has 0 spiro atoms. The van der Waals surface area contributed by atoms with Crippen molar-refractivity contribution >= 4 is 5.91 Å². The molecule has 26 heavy (non-hydrogen) atoms. The first kappa shape index (κ1) is 19.4. The van der Waals surface area contributed by atoms with Crippen molar-refractivity contribution in [1.82, 2.24) is 10.3 Å². The monoisotopic (exact) mass is 353 g/mol. The number of carbonyl (C=O) groups excluding carboxylic acids is 1. The minimum Gasteiger partial charge on any atom is -0.480 e. The van der Waals surface area contributed by atoms with Gasteiger partial charge in [0.1, 0.15) is 11.6 Å². The molecule has 0 aliphatic rings. The average molecular weight is 353 g/mol. The Bertz CT molecular complexity index is 784. The number of benzene rings is 1. The lowest BCUT2D eigenvalue weighted by Crippen LogP contribution is -2.25. The van der Waals surface area contributed by atoms with Crippen molar-refractivity contribution < 1.29 is 14.3 Å². The Balaban J connectivity index is 2.09. The van der Waals surface area contributed by atoms with E-state index in [0.29, 0.717) is 29.8 Å². The summed E-state index contributed by atoms with van der Waals surface area (Å²) < 4.78 is 10.5. The van der Waals surface area contributed by atoms with Gasteiger partial charge in [0.2, 0.25) is 5.88 Å². The molecule has 1 amide bonds. The van der Waals surface area contributed by atoms with E-state index in [2.05, 4.69) is 23.3 Å². The highest BCUT2D eigenvalue weighted by Crippen LogP contribution is 2.28. The van der Waals surface area contributed by atoms with Crippen molar-refractivity contribution in [3.8, 4) is 23.1 Å². The maximum Gasteiger partial charge on any atom is 0.251 e. The summed E-state index contributed by atoms with van der Waals surface area (Å²) in [4.78, 5) is 16.4. The van der Waals surface area contributed by atoms with Gasteiger partial charge in [0, 0.05) is 37.1 Å². The zero-order valence-electron chi connectivity index (χ0n) is 15.1. The summed E-state index contributed by atoms with van der Waals surface area (Å²) in [6.45, 7) is 3.99. The molecule has 0 radical (unpaired) electrons. The van der Waals surface area contributed by atoms with Crippen LogP contribution in [0.1, 0.15) is 35.7 Å². The first-order valence-electron chi connectivity index (χ1n) is 8.60. The summed E-state index contributed by atoms with van der Waals surface area (Å²) in [7, 11) is 1.47. The Labute approximate surface area is 153 Å². The van der Waals surface area contributed by atoms with Gasteiger partial charge in [-0.25, -0.2) is 4.98 Å². The minimum absolute atomic E-state index is 0.151. The Morgan fingerprint density at radius 2 is 2.15 bits per heavy atom. The number of amides is 1. The molecule has 6 heteroatoms. The predicted molar refractivity (Wildman–Crippen MR) is 99.0 cm³/mol. The van der Waals surface area contributed by atoms with Crippen LogP contribution in [0.15, 0.2) is 36.5 Å². The number of carbonyl (C=O) groups is 1. The van der Waals surface area contributed by atoms with Crippen molar-refractivity contribution in [2.45, 2.75) is 19.8 Å². The van der Waals surface area contributed by atoms with Crippen molar-refractivity contribution in [3.05, 3.63) is 47.7 Å². The van der Waals surface area contributed by atoms with Gasteiger partial charge in [0.05, 0.1) is 7.11 Å². The standard InChI is InChI=1S/C20H23N3O3/c1-3-11-26-12-5-9-22-19(24)16-7-4-6-15(13-16)17-8-10-23-20(25-2)18(17)14-21/h4,6-8,10,13H,3,5,9,11-12H2,1-2H3,(H,22,24). The molecule has 0 saturated heterocycles. The SMILES string of the molecule is CCCOCCCNC(=O)c1cccc(-c2ccnc(OC)c2C#N)c1. The van der Waals surface area contributed by atoms with Crippen LogP contribution in [0.25, 0.3) is 11.1 Å². The van der Waals surface area contributed by atoms with E-state index in [4.69, 9.17) is 9.47 Å². The molecule has 0 aliphatic carbocycles. The second-order valence-electron chi connectivity index (χ2n) is 5.66. The first-order chi connectivity index (χ1) is 12.7. The van der Waals surface area contributed by atoms with E-state index in [1.807, 2.05) is 6.07 Å².